The van der Waals surface area contributed by atoms with Gasteiger partial charge in [-0.15, -0.1) is 0 Å². The lowest BCUT2D eigenvalue weighted by atomic mass is 10.0. The monoisotopic (exact) mass is 422 g/mol. The van der Waals surface area contributed by atoms with Gasteiger partial charge in [-0.25, -0.2) is 8.42 Å². The molecule has 1 saturated carbocycles. The number of anilines is 1. The molecule has 8 nitrogen and oxygen atoms in total. The highest BCUT2D eigenvalue weighted by atomic mass is 32.2. The van der Waals surface area contributed by atoms with Crippen molar-refractivity contribution in [1.29, 1.82) is 0 Å². The maximum Gasteiger partial charge on any atom is 0.293 e. The van der Waals surface area contributed by atoms with Gasteiger partial charge in [-0.1, -0.05) is 6.42 Å². The molecule has 0 spiro atoms. The Morgan fingerprint density at radius 1 is 1.03 bits per heavy atom. The standard InChI is InChI=1S/C20H30N4O4S/c25-24(26)20-14-18(29(27,28)23-10-2-1-3-11-23)6-7-19(20)21-17-8-12-22(13-9-17)15-16-4-5-16/h6-7,14,16-17,21H,1-5,8-13,15H2. The highest BCUT2D eigenvalue weighted by Crippen LogP contribution is 2.33. The highest BCUT2D eigenvalue weighted by Gasteiger charge is 2.30. The summed E-state index contributed by atoms with van der Waals surface area (Å²) in [7, 11) is -3.69. The van der Waals surface area contributed by atoms with Gasteiger partial charge >= 0.3 is 0 Å². The summed E-state index contributed by atoms with van der Waals surface area (Å²) in [6.45, 7) is 4.15. The molecule has 0 aromatic heterocycles. The van der Waals surface area contributed by atoms with Crippen LogP contribution in [0.2, 0.25) is 0 Å². The van der Waals surface area contributed by atoms with Crippen LogP contribution in [0.15, 0.2) is 23.1 Å². The summed E-state index contributed by atoms with van der Waals surface area (Å²) in [6.07, 6.45) is 7.26. The van der Waals surface area contributed by atoms with Crippen LogP contribution in [0.5, 0.6) is 0 Å². The smallest absolute Gasteiger partial charge is 0.293 e. The number of benzene rings is 1. The lowest BCUT2D eigenvalue weighted by Gasteiger charge is -2.32. The average molecular weight is 423 g/mol. The third-order valence-electron chi connectivity index (χ3n) is 6.28. The van der Waals surface area contributed by atoms with E-state index in [2.05, 4.69) is 10.2 Å². The molecule has 0 radical (unpaired) electrons. The Morgan fingerprint density at radius 2 is 1.72 bits per heavy atom. The largest absolute Gasteiger partial charge is 0.377 e. The van der Waals surface area contributed by atoms with Gasteiger partial charge in [0.2, 0.25) is 10.0 Å². The second-order valence-corrected chi connectivity index (χ2v) is 10.5. The van der Waals surface area contributed by atoms with E-state index in [-0.39, 0.29) is 16.6 Å². The van der Waals surface area contributed by atoms with Crippen LogP contribution >= 0.6 is 0 Å². The normalized spacial score (nSPS) is 22.5. The fraction of sp³-hybridized carbons (Fsp3) is 0.700. The zero-order valence-corrected chi connectivity index (χ0v) is 17.6. The first-order valence-corrected chi connectivity index (χ1v) is 12.1. The molecule has 0 atom stereocenters. The molecule has 3 fully saturated rings. The van der Waals surface area contributed by atoms with Gasteiger partial charge in [0, 0.05) is 44.8 Å². The van der Waals surface area contributed by atoms with Crippen molar-refractivity contribution in [3.63, 3.8) is 0 Å². The second kappa shape index (κ2) is 8.57. The number of likely N-dealkylation sites (tertiary alicyclic amines) is 1. The summed E-state index contributed by atoms with van der Waals surface area (Å²) in [5.74, 6) is 0.870. The zero-order chi connectivity index (χ0) is 20.4. The van der Waals surface area contributed by atoms with Crippen molar-refractivity contribution in [3.8, 4) is 0 Å². The summed E-state index contributed by atoms with van der Waals surface area (Å²) in [5.41, 5.74) is 0.247. The van der Waals surface area contributed by atoms with Crippen LogP contribution in [-0.4, -0.2) is 61.3 Å². The molecular formula is C20H30N4O4S. The number of rotatable bonds is 7. The fourth-order valence-electron chi connectivity index (χ4n) is 4.34. The first-order chi connectivity index (χ1) is 13.9. The molecule has 0 unspecified atom stereocenters. The van der Waals surface area contributed by atoms with Crippen molar-refractivity contribution >= 4 is 21.4 Å². The van der Waals surface area contributed by atoms with E-state index < -0.39 is 14.9 Å². The van der Waals surface area contributed by atoms with E-state index in [1.807, 2.05) is 0 Å². The van der Waals surface area contributed by atoms with E-state index in [1.54, 1.807) is 6.07 Å². The average Bonchev–Trinajstić information content (AvgIpc) is 3.54. The first kappa shape index (κ1) is 20.6. The number of sulfonamides is 1. The molecule has 160 valence electrons. The summed E-state index contributed by atoms with van der Waals surface area (Å²) in [6, 6.07) is 4.45. The SMILES string of the molecule is O=[N+]([O-])c1cc(S(=O)(=O)N2CCCCC2)ccc1NC1CCN(CC2CC2)CC1. The van der Waals surface area contributed by atoms with Gasteiger partial charge in [0.1, 0.15) is 5.69 Å². The van der Waals surface area contributed by atoms with Crippen LogP contribution in [-0.2, 0) is 10.0 Å². The minimum atomic E-state index is -3.69. The number of nitro groups is 1. The van der Waals surface area contributed by atoms with Crippen molar-refractivity contribution in [1.82, 2.24) is 9.21 Å². The van der Waals surface area contributed by atoms with Crippen LogP contribution in [0, 0.1) is 16.0 Å². The van der Waals surface area contributed by atoms with Gasteiger partial charge in [0.25, 0.3) is 5.69 Å². The molecule has 1 aromatic carbocycles. The predicted octanol–water partition coefficient (Wildman–Crippen LogP) is 3.06. The fourth-order valence-corrected chi connectivity index (χ4v) is 5.88. The molecule has 3 aliphatic rings. The van der Waals surface area contributed by atoms with Gasteiger partial charge in [-0.3, -0.25) is 10.1 Å². The molecule has 9 heteroatoms. The number of nitro benzene ring substituents is 1. The molecule has 29 heavy (non-hydrogen) atoms. The van der Waals surface area contributed by atoms with Crippen LogP contribution in [0.1, 0.15) is 44.9 Å². The third-order valence-corrected chi connectivity index (χ3v) is 8.17. The number of piperidine rings is 2. The second-order valence-electron chi connectivity index (χ2n) is 8.56. The molecule has 2 heterocycles. The molecule has 1 N–H and O–H groups in total. The molecule has 0 bridgehead atoms. The Balaban J connectivity index is 1.45. The highest BCUT2D eigenvalue weighted by molar-refractivity contribution is 7.89. The lowest BCUT2D eigenvalue weighted by Crippen LogP contribution is -2.40. The quantitative estimate of drug-likeness (QED) is 0.536. The van der Waals surface area contributed by atoms with Gasteiger partial charge < -0.3 is 10.2 Å². The third kappa shape index (κ3) is 4.90. The molecule has 4 rings (SSSR count). The van der Waals surface area contributed by atoms with Gasteiger partial charge in [0.05, 0.1) is 9.82 Å². The Labute approximate surface area is 172 Å². The molecule has 1 aromatic rings. The van der Waals surface area contributed by atoms with E-state index in [0.717, 1.165) is 51.1 Å². The van der Waals surface area contributed by atoms with Crippen molar-refractivity contribution in [2.45, 2.75) is 55.9 Å². The van der Waals surface area contributed by atoms with Crippen LogP contribution < -0.4 is 5.32 Å². The molecule has 2 saturated heterocycles. The van der Waals surface area contributed by atoms with Gasteiger partial charge in [-0.05, 0) is 56.6 Å². The van der Waals surface area contributed by atoms with Crippen LogP contribution in [0.3, 0.4) is 0 Å². The van der Waals surface area contributed by atoms with E-state index in [1.165, 1.54) is 35.8 Å². The molecule has 2 aliphatic heterocycles. The first-order valence-electron chi connectivity index (χ1n) is 10.7. The number of hydrogen-bond acceptors (Lipinski definition) is 6. The maximum absolute atomic E-state index is 12.9. The van der Waals surface area contributed by atoms with Crippen molar-refractivity contribution < 1.29 is 13.3 Å². The van der Waals surface area contributed by atoms with Crippen LogP contribution in [0.25, 0.3) is 0 Å². The van der Waals surface area contributed by atoms with E-state index in [4.69, 9.17) is 0 Å². The zero-order valence-electron chi connectivity index (χ0n) is 16.8. The van der Waals surface area contributed by atoms with Gasteiger partial charge in [0.15, 0.2) is 0 Å². The van der Waals surface area contributed by atoms with Crippen molar-refractivity contribution in [3.05, 3.63) is 28.3 Å². The number of hydrogen-bond donors (Lipinski definition) is 1. The maximum atomic E-state index is 12.9. The van der Waals surface area contributed by atoms with Crippen molar-refractivity contribution in [2.24, 2.45) is 5.92 Å². The summed E-state index contributed by atoms with van der Waals surface area (Å²) in [5, 5.41) is 14.9. The topological polar surface area (TPSA) is 95.8 Å². The Bertz CT molecular complexity index is 842. The van der Waals surface area contributed by atoms with Crippen molar-refractivity contribution in [2.75, 3.05) is 38.0 Å². The number of nitrogens with zero attached hydrogens (tertiary/aromatic N) is 3. The van der Waals surface area contributed by atoms with Crippen LogP contribution in [0.4, 0.5) is 11.4 Å². The molecular weight excluding hydrogens is 392 g/mol. The Kier molecular flexibility index (Phi) is 6.08. The Hall–Kier alpha value is -1.71. The van der Waals surface area contributed by atoms with E-state index in [9.17, 15) is 18.5 Å². The minimum Gasteiger partial charge on any atom is -0.377 e. The number of nitrogens with one attached hydrogen (secondary N) is 1. The molecule has 0 amide bonds. The lowest BCUT2D eigenvalue weighted by molar-refractivity contribution is -0.384. The minimum absolute atomic E-state index is 0.0101. The summed E-state index contributed by atoms with van der Waals surface area (Å²) >= 11 is 0. The summed E-state index contributed by atoms with van der Waals surface area (Å²) in [4.78, 5) is 13.7. The molecule has 1 aliphatic carbocycles. The van der Waals surface area contributed by atoms with E-state index in [0.29, 0.717) is 18.8 Å². The van der Waals surface area contributed by atoms with E-state index >= 15 is 0 Å². The summed E-state index contributed by atoms with van der Waals surface area (Å²) < 4.78 is 27.2. The Morgan fingerprint density at radius 3 is 2.34 bits per heavy atom. The predicted molar refractivity (Wildman–Crippen MR) is 112 cm³/mol. The van der Waals surface area contributed by atoms with Gasteiger partial charge in [-0.2, -0.15) is 4.31 Å².